The number of methoxy groups -OCH3 is 1. The molecule has 5 nitrogen and oxygen atoms in total. The molecule has 2 aromatic rings. The lowest BCUT2D eigenvalue weighted by Gasteiger charge is -2.11. The van der Waals surface area contributed by atoms with Gasteiger partial charge in [-0.25, -0.2) is 4.98 Å². The molecule has 100 valence electrons. The second-order valence-corrected chi connectivity index (χ2v) is 5.32. The average molecular weight is 388 g/mol. The molecule has 0 aliphatic rings. The van der Waals surface area contributed by atoms with Crippen LogP contribution in [0, 0.1) is 0 Å². The SMILES string of the molecule is CNc1ncc(Br)c(Nc2cc(OC)ccc2Br)n1. The van der Waals surface area contributed by atoms with Gasteiger partial charge in [-0.1, -0.05) is 0 Å². The van der Waals surface area contributed by atoms with Crippen LogP contribution >= 0.6 is 31.9 Å². The number of nitrogens with zero attached hydrogens (tertiary/aromatic N) is 2. The van der Waals surface area contributed by atoms with Gasteiger partial charge in [0.25, 0.3) is 0 Å². The van der Waals surface area contributed by atoms with Gasteiger partial charge < -0.3 is 15.4 Å². The fourth-order valence-corrected chi connectivity index (χ4v) is 2.07. The van der Waals surface area contributed by atoms with Crippen LogP contribution in [0.3, 0.4) is 0 Å². The molecule has 1 aromatic heterocycles. The van der Waals surface area contributed by atoms with Crippen LogP contribution in [0.15, 0.2) is 33.3 Å². The van der Waals surface area contributed by atoms with Crippen molar-refractivity contribution in [2.45, 2.75) is 0 Å². The van der Waals surface area contributed by atoms with Crippen LogP contribution in [0.2, 0.25) is 0 Å². The first-order valence-corrected chi connectivity index (χ1v) is 7.03. The van der Waals surface area contributed by atoms with E-state index in [1.165, 1.54) is 0 Å². The first-order chi connectivity index (χ1) is 9.13. The molecule has 0 atom stereocenters. The minimum absolute atomic E-state index is 0.546. The van der Waals surface area contributed by atoms with Crippen LogP contribution in [0.25, 0.3) is 0 Å². The van der Waals surface area contributed by atoms with Gasteiger partial charge in [0.05, 0.1) is 17.3 Å². The molecule has 0 unspecified atom stereocenters. The van der Waals surface area contributed by atoms with E-state index in [0.717, 1.165) is 20.4 Å². The molecule has 0 bridgehead atoms. The summed E-state index contributed by atoms with van der Waals surface area (Å²) in [7, 11) is 3.40. The molecule has 0 aliphatic carbocycles. The lowest BCUT2D eigenvalue weighted by atomic mass is 10.3. The molecule has 0 fully saturated rings. The van der Waals surface area contributed by atoms with Crippen LogP contribution in [0.4, 0.5) is 17.5 Å². The number of halogens is 2. The second-order valence-electron chi connectivity index (χ2n) is 3.61. The highest BCUT2D eigenvalue weighted by atomic mass is 79.9. The first-order valence-electron chi connectivity index (χ1n) is 5.45. The van der Waals surface area contributed by atoms with Crippen LogP contribution in [0.1, 0.15) is 0 Å². The van der Waals surface area contributed by atoms with Gasteiger partial charge in [0.2, 0.25) is 5.95 Å². The topological polar surface area (TPSA) is 59.1 Å². The van der Waals surface area contributed by atoms with Crippen LogP contribution in [-0.2, 0) is 0 Å². The first kappa shape index (κ1) is 14.1. The van der Waals surface area contributed by atoms with Crippen molar-refractivity contribution < 1.29 is 4.74 Å². The summed E-state index contributed by atoms with van der Waals surface area (Å²) in [5.41, 5.74) is 0.862. The molecule has 0 saturated carbocycles. The standard InChI is InChI=1S/C12H12Br2N4O/c1-15-12-16-6-9(14)11(18-12)17-10-5-7(19-2)3-4-8(10)13/h3-6H,1-2H3,(H2,15,16,17,18). The maximum Gasteiger partial charge on any atom is 0.224 e. The van der Waals surface area contributed by atoms with Crippen molar-refractivity contribution in [1.82, 2.24) is 9.97 Å². The van der Waals surface area contributed by atoms with E-state index >= 15 is 0 Å². The summed E-state index contributed by atoms with van der Waals surface area (Å²) in [4.78, 5) is 8.45. The van der Waals surface area contributed by atoms with E-state index < -0.39 is 0 Å². The van der Waals surface area contributed by atoms with Gasteiger partial charge in [0.15, 0.2) is 0 Å². The third kappa shape index (κ3) is 3.36. The maximum absolute atomic E-state index is 5.21. The van der Waals surface area contributed by atoms with Gasteiger partial charge in [-0.05, 0) is 44.0 Å². The van der Waals surface area contributed by atoms with Gasteiger partial charge in [-0.3, -0.25) is 0 Å². The number of hydrogen-bond acceptors (Lipinski definition) is 5. The lowest BCUT2D eigenvalue weighted by molar-refractivity contribution is 0.415. The van der Waals surface area contributed by atoms with Gasteiger partial charge >= 0.3 is 0 Å². The zero-order valence-electron chi connectivity index (χ0n) is 10.4. The van der Waals surface area contributed by atoms with E-state index in [4.69, 9.17) is 4.74 Å². The third-order valence-corrected chi connectivity index (χ3v) is 3.67. The van der Waals surface area contributed by atoms with E-state index in [1.54, 1.807) is 20.4 Å². The Morgan fingerprint density at radius 1 is 1.21 bits per heavy atom. The Labute approximate surface area is 128 Å². The number of benzene rings is 1. The van der Waals surface area contributed by atoms with Crippen molar-refractivity contribution in [2.24, 2.45) is 0 Å². The van der Waals surface area contributed by atoms with Gasteiger partial charge in [-0.2, -0.15) is 4.98 Å². The number of ether oxygens (including phenoxy) is 1. The predicted molar refractivity (Wildman–Crippen MR) is 83.3 cm³/mol. The highest BCUT2D eigenvalue weighted by molar-refractivity contribution is 9.11. The average Bonchev–Trinajstić information content (AvgIpc) is 2.43. The Hall–Kier alpha value is -1.34. The summed E-state index contributed by atoms with van der Waals surface area (Å²) < 4.78 is 6.91. The molecule has 2 N–H and O–H groups in total. The molecular formula is C12H12Br2N4O. The molecule has 0 amide bonds. The smallest absolute Gasteiger partial charge is 0.224 e. The summed E-state index contributed by atoms with van der Waals surface area (Å²) >= 11 is 6.90. The largest absolute Gasteiger partial charge is 0.497 e. The quantitative estimate of drug-likeness (QED) is 0.835. The van der Waals surface area contributed by atoms with Crippen molar-refractivity contribution >= 4 is 49.3 Å². The van der Waals surface area contributed by atoms with Gasteiger partial charge in [0.1, 0.15) is 11.6 Å². The highest BCUT2D eigenvalue weighted by Crippen LogP contribution is 2.31. The Bertz CT molecular complexity index is 540. The van der Waals surface area contributed by atoms with Gasteiger partial charge in [0, 0.05) is 23.8 Å². The summed E-state index contributed by atoms with van der Waals surface area (Å²) in [5.74, 6) is 1.99. The van der Waals surface area contributed by atoms with Gasteiger partial charge in [-0.15, -0.1) is 0 Å². The minimum Gasteiger partial charge on any atom is -0.497 e. The van der Waals surface area contributed by atoms with Crippen molar-refractivity contribution in [3.05, 3.63) is 33.3 Å². The molecule has 0 radical (unpaired) electrons. The Morgan fingerprint density at radius 3 is 2.68 bits per heavy atom. The molecule has 2 rings (SSSR count). The molecule has 1 aromatic carbocycles. The highest BCUT2D eigenvalue weighted by Gasteiger charge is 2.08. The monoisotopic (exact) mass is 386 g/mol. The number of aromatic nitrogens is 2. The lowest BCUT2D eigenvalue weighted by Crippen LogP contribution is -2.01. The van der Waals surface area contributed by atoms with E-state index in [2.05, 4.69) is 52.5 Å². The Balaban J connectivity index is 2.35. The zero-order chi connectivity index (χ0) is 13.8. The summed E-state index contributed by atoms with van der Waals surface area (Å²) in [6.45, 7) is 0. The summed E-state index contributed by atoms with van der Waals surface area (Å²) in [6.07, 6.45) is 1.69. The molecule has 7 heteroatoms. The molecule has 0 aliphatic heterocycles. The predicted octanol–water partition coefficient (Wildman–Crippen LogP) is 3.80. The molecule has 0 saturated heterocycles. The van der Waals surface area contributed by atoms with E-state index in [-0.39, 0.29) is 0 Å². The second kappa shape index (κ2) is 6.21. The Morgan fingerprint density at radius 2 is 2.00 bits per heavy atom. The van der Waals surface area contributed by atoms with E-state index in [0.29, 0.717) is 11.8 Å². The maximum atomic E-state index is 5.21. The van der Waals surface area contributed by atoms with Crippen molar-refractivity contribution in [1.29, 1.82) is 0 Å². The number of anilines is 3. The fraction of sp³-hybridized carbons (Fsp3) is 0.167. The molecule has 19 heavy (non-hydrogen) atoms. The minimum atomic E-state index is 0.546. The molecule has 0 spiro atoms. The van der Waals surface area contributed by atoms with E-state index in [1.807, 2.05) is 18.2 Å². The van der Waals surface area contributed by atoms with Crippen molar-refractivity contribution in [2.75, 3.05) is 24.8 Å². The van der Waals surface area contributed by atoms with Crippen LogP contribution < -0.4 is 15.4 Å². The normalized spacial score (nSPS) is 10.1. The van der Waals surface area contributed by atoms with Crippen LogP contribution in [0.5, 0.6) is 5.75 Å². The summed E-state index contributed by atoms with van der Waals surface area (Å²) in [5, 5.41) is 6.12. The summed E-state index contributed by atoms with van der Waals surface area (Å²) in [6, 6.07) is 5.68. The van der Waals surface area contributed by atoms with Crippen molar-refractivity contribution in [3.8, 4) is 5.75 Å². The molecular weight excluding hydrogens is 376 g/mol. The fourth-order valence-electron chi connectivity index (χ4n) is 1.43. The Kier molecular flexibility index (Phi) is 4.60. The number of nitrogens with one attached hydrogen (secondary N) is 2. The molecule has 1 heterocycles. The van der Waals surface area contributed by atoms with Crippen LogP contribution in [-0.4, -0.2) is 24.1 Å². The third-order valence-electron chi connectivity index (χ3n) is 2.39. The van der Waals surface area contributed by atoms with E-state index in [9.17, 15) is 0 Å². The van der Waals surface area contributed by atoms with Crippen molar-refractivity contribution in [3.63, 3.8) is 0 Å². The zero-order valence-corrected chi connectivity index (χ0v) is 13.5. The number of rotatable bonds is 4. The number of hydrogen-bond donors (Lipinski definition) is 2.